The van der Waals surface area contributed by atoms with Crippen LogP contribution in [0.2, 0.25) is 0 Å². The summed E-state index contributed by atoms with van der Waals surface area (Å²) >= 11 is 0. The van der Waals surface area contributed by atoms with Crippen molar-refractivity contribution in [2.45, 2.75) is 32.9 Å². The monoisotopic (exact) mass is 254 g/mol. The summed E-state index contributed by atoms with van der Waals surface area (Å²) in [6.07, 6.45) is 3.92. The number of urea groups is 1. The Morgan fingerprint density at radius 2 is 2.28 bits per heavy atom. The highest BCUT2D eigenvalue weighted by molar-refractivity contribution is 5.82. The van der Waals surface area contributed by atoms with E-state index in [4.69, 9.17) is 5.11 Å². The van der Waals surface area contributed by atoms with Gasteiger partial charge >= 0.3 is 12.0 Å². The van der Waals surface area contributed by atoms with Crippen molar-refractivity contribution in [3.63, 3.8) is 0 Å². The second-order valence-corrected chi connectivity index (χ2v) is 4.14. The highest BCUT2D eigenvalue weighted by Crippen LogP contribution is 2.07. The van der Waals surface area contributed by atoms with Gasteiger partial charge in [-0.2, -0.15) is 5.10 Å². The fraction of sp³-hybridized carbons (Fsp3) is 0.545. The predicted molar refractivity (Wildman–Crippen MR) is 64.8 cm³/mol. The van der Waals surface area contributed by atoms with Gasteiger partial charge in [0.05, 0.1) is 6.20 Å². The molecule has 1 heterocycles. The molecule has 0 spiro atoms. The van der Waals surface area contributed by atoms with Crippen molar-refractivity contribution in [2.24, 2.45) is 5.92 Å². The number of nitrogens with zero attached hydrogens (tertiary/aromatic N) is 1. The normalized spacial score (nSPS) is 13.7. The van der Waals surface area contributed by atoms with E-state index in [1.807, 2.05) is 6.92 Å². The minimum atomic E-state index is -1.03. The van der Waals surface area contributed by atoms with Crippen molar-refractivity contribution in [1.82, 2.24) is 20.8 Å². The van der Waals surface area contributed by atoms with Crippen molar-refractivity contribution in [1.29, 1.82) is 0 Å². The second kappa shape index (κ2) is 6.63. The van der Waals surface area contributed by atoms with E-state index < -0.39 is 18.0 Å². The van der Waals surface area contributed by atoms with E-state index in [1.54, 1.807) is 19.3 Å². The smallest absolute Gasteiger partial charge is 0.326 e. The topological polar surface area (TPSA) is 107 Å². The zero-order valence-corrected chi connectivity index (χ0v) is 10.4. The van der Waals surface area contributed by atoms with Gasteiger partial charge in [-0.05, 0) is 5.92 Å². The average molecular weight is 254 g/mol. The molecule has 0 bridgehead atoms. The maximum Gasteiger partial charge on any atom is 0.326 e. The van der Waals surface area contributed by atoms with Crippen LogP contribution in [0.15, 0.2) is 12.4 Å². The van der Waals surface area contributed by atoms with Crippen LogP contribution < -0.4 is 10.6 Å². The second-order valence-electron chi connectivity index (χ2n) is 4.14. The lowest BCUT2D eigenvalue weighted by Gasteiger charge is -2.20. The summed E-state index contributed by atoms with van der Waals surface area (Å²) in [6, 6.07) is -1.37. The van der Waals surface area contributed by atoms with Crippen LogP contribution in [0.25, 0.3) is 0 Å². The first-order valence-corrected chi connectivity index (χ1v) is 5.79. The molecule has 0 radical (unpaired) electrons. The molecule has 4 N–H and O–H groups in total. The van der Waals surface area contributed by atoms with E-state index >= 15 is 0 Å². The van der Waals surface area contributed by atoms with Gasteiger partial charge in [0.2, 0.25) is 0 Å². The highest BCUT2D eigenvalue weighted by Gasteiger charge is 2.24. The molecule has 0 saturated carbocycles. The molecular weight excluding hydrogens is 236 g/mol. The number of aliphatic carboxylic acids is 1. The quantitative estimate of drug-likeness (QED) is 0.599. The fourth-order valence-corrected chi connectivity index (χ4v) is 1.43. The van der Waals surface area contributed by atoms with Crippen LogP contribution in [-0.2, 0) is 11.3 Å². The lowest BCUT2D eigenvalue weighted by atomic mass is 9.99. The number of amides is 2. The van der Waals surface area contributed by atoms with E-state index in [1.165, 1.54) is 0 Å². The van der Waals surface area contributed by atoms with Gasteiger partial charge in [-0.15, -0.1) is 0 Å². The maximum absolute atomic E-state index is 11.6. The summed E-state index contributed by atoms with van der Waals surface area (Å²) < 4.78 is 0. The third kappa shape index (κ3) is 4.08. The summed E-state index contributed by atoms with van der Waals surface area (Å²) in [6.45, 7) is 3.97. The number of hydrogen-bond donors (Lipinski definition) is 4. The van der Waals surface area contributed by atoms with Crippen LogP contribution in [0, 0.1) is 5.92 Å². The zero-order valence-electron chi connectivity index (χ0n) is 10.4. The molecule has 2 amide bonds. The number of nitrogens with one attached hydrogen (secondary N) is 3. The van der Waals surface area contributed by atoms with Gasteiger partial charge in [-0.1, -0.05) is 20.3 Å². The third-order valence-corrected chi connectivity index (χ3v) is 2.77. The molecule has 18 heavy (non-hydrogen) atoms. The fourth-order valence-electron chi connectivity index (χ4n) is 1.43. The van der Waals surface area contributed by atoms with E-state index in [0.717, 1.165) is 5.56 Å². The van der Waals surface area contributed by atoms with Crippen molar-refractivity contribution in [3.05, 3.63) is 18.0 Å². The van der Waals surface area contributed by atoms with Crippen LogP contribution in [0.3, 0.4) is 0 Å². The average Bonchev–Trinajstić information content (AvgIpc) is 2.85. The third-order valence-electron chi connectivity index (χ3n) is 2.77. The lowest BCUT2D eigenvalue weighted by Crippen LogP contribution is -2.48. The molecule has 1 unspecified atom stereocenters. The summed E-state index contributed by atoms with van der Waals surface area (Å²) in [5.41, 5.74) is 0.820. The Hall–Kier alpha value is -2.05. The van der Waals surface area contributed by atoms with E-state index in [2.05, 4.69) is 20.8 Å². The SMILES string of the molecule is CCC(C)[C@H](NC(=O)NCc1cn[nH]c1)C(=O)O. The molecule has 0 aliphatic heterocycles. The number of rotatable bonds is 6. The molecule has 7 nitrogen and oxygen atoms in total. The summed E-state index contributed by atoms with van der Waals surface area (Å²) in [7, 11) is 0. The zero-order chi connectivity index (χ0) is 13.5. The molecular formula is C11H18N4O3. The number of carboxylic acids is 1. The summed E-state index contributed by atoms with van der Waals surface area (Å²) in [5.74, 6) is -1.15. The van der Waals surface area contributed by atoms with Crippen molar-refractivity contribution >= 4 is 12.0 Å². The minimum absolute atomic E-state index is 0.123. The number of H-pyrrole nitrogens is 1. The summed E-state index contributed by atoms with van der Waals surface area (Å²) in [5, 5.41) is 20.4. The first kappa shape index (κ1) is 14.0. The van der Waals surface area contributed by atoms with Crippen LogP contribution in [0.5, 0.6) is 0 Å². The molecule has 0 aliphatic rings. The number of carbonyl (C=O) groups is 2. The minimum Gasteiger partial charge on any atom is -0.480 e. The highest BCUT2D eigenvalue weighted by atomic mass is 16.4. The molecule has 1 aromatic heterocycles. The number of hydrogen-bond acceptors (Lipinski definition) is 3. The Kier molecular flexibility index (Phi) is 5.16. The standard InChI is InChI=1S/C11H18N4O3/c1-3-7(2)9(10(16)17)15-11(18)12-4-8-5-13-14-6-8/h5-7,9H,3-4H2,1-2H3,(H,13,14)(H,16,17)(H2,12,15,18)/t7?,9-/m0/s1. The van der Waals surface area contributed by atoms with Crippen molar-refractivity contribution < 1.29 is 14.7 Å². The molecule has 1 rings (SSSR count). The number of aromatic nitrogens is 2. The van der Waals surface area contributed by atoms with Gasteiger partial charge in [0.15, 0.2) is 0 Å². The van der Waals surface area contributed by atoms with Crippen LogP contribution >= 0.6 is 0 Å². The first-order valence-electron chi connectivity index (χ1n) is 5.79. The van der Waals surface area contributed by atoms with Gasteiger partial charge in [0.25, 0.3) is 0 Å². The molecule has 0 saturated heterocycles. The Labute approximate surface area is 105 Å². The maximum atomic E-state index is 11.6. The van der Waals surface area contributed by atoms with Crippen molar-refractivity contribution in [2.75, 3.05) is 0 Å². The first-order chi connectivity index (χ1) is 8.54. The van der Waals surface area contributed by atoms with Gasteiger partial charge in [-0.3, -0.25) is 5.10 Å². The van der Waals surface area contributed by atoms with Gasteiger partial charge in [0, 0.05) is 18.3 Å². The van der Waals surface area contributed by atoms with E-state index in [0.29, 0.717) is 13.0 Å². The molecule has 0 aromatic carbocycles. The Bertz CT molecular complexity index is 391. The Balaban J connectivity index is 2.44. The molecule has 0 fully saturated rings. The van der Waals surface area contributed by atoms with Gasteiger partial charge in [0.1, 0.15) is 6.04 Å². The Morgan fingerprint density at radius 1 is 1.56 bits per heavy atom. The van der Waals surface area contributed by atoms with E-state index in [9.17, 15) is 9.59 Å². The van der Waals surface area contributed by atoms with Crippen LogP contribution in [-0.4, -0.2) is 33.3 Å². The molecule has 2 atom stereocenters. The molecule has 0 aliphatic carbocycles. The van der Waals surface area contributed by atoms with Crippen LogP contribution in [0.4, 0.5) is 4.79 Å². The Morgan fingerprint density at radius 3 is 2.78 bits per heavy atom. The van der Waals surface area contributed by atoms with E-state index in [-0.39, 0.29) is 5.92 Å². The largest absolute Gasteiger partial charge is 0.480 e. The summed E-state index contributed by atoms with van der Waals surface area (Å²) in [4.78, 5) is 22.6. The number of carbonyl (C=O) groups excluding carboxylic acids is 1. The predicted octanol–water partition coefficient (Wildman–Crippen LogP) is 0.708. The lowest BCUT2D eigenvalue weighted by molar-refractivity contribution is -0.140. The number of aromatic amines is 1. The molecule has 1 aromatic rings. The van der Waals surface area contributed by atoms with Crippen molar-refractivity contribution in [3.8, 4) is 0 Å². The van der Waals surface area contributed by atoms with Gasteiger partial charge < -0.3 is 15.7 Å². The number of carboxylic acid groups (broad SMARTS) is 1. The molecule has 100 valence electrons. The van der Waals surface area contributed by atoms with Crippen LogP contribution in [0.1, 0.15) is 25.8 Å². The van der Waals surface area contributed by atoms with Gasteiger partial charge in [-0.25, -0.2) is 9.59 Å². The molecule has 7 heteroatoms.